The molecule has 0 radical (unpaired) electrons. The van der Waals surface area contributed by atoms with Gasteiger partial charge in [0.25, 0.3) is 0 Å². The highest BCUT2D eigenvalue weighted by Gasteiger charge is 2.46. The van der Waals surface area contributed by atoms with Gasteiger partial charge >= 0.3 is 12.1 Å². The second-order valence-corrected chi connectivity index (χ2v) is 8.34. The molecule has 3 aliphatic rings. The monoisotopic (exact) mass is 416 g/mol. The maximum Gasteiger partial charge on any atom is 0.490 e. The van der Waals surface area contributed by atoms with Gasteiger partial charge < -0.3 is 19.6 Å². The highest BCUT2D eigenvalue weighted by atomic mass is 19.4. The minimum absolute atomic E-state index is 0.0843. The first-order valence-electron chi connectivity index (χ1n) is 9.67. The number of fused-ring (bicyclic) bond motifs is 2. The highest BCUT2D eigenvalue weighted by molar-refractivity contribution is 5.73. The summed E-state index contributed by atoms with van der Waals surface area (Å²) < 4.78 is 37.7. The molecule has 7 nitrogen and oxygen atoms in total. The number of hydrogen-bond donors (Lipinski definition) is 1. The van der Waals surface area contributed by atoms with Crippen LogP contribution in [-0.4, -0.2) is 72.5 Å². The predicted molar refractivity (Wildman–Crippen MR) is 99.9 cm³/mol. The number of alkyl halides is 3. The van der Waals surface area contributed by atoms with E-state index in [1.54, 1.807) is 0 Å². The van der Waals surface area contributed by atoms with Crippen molar-refractivity contribution in [3.63, 3.8) is 0 Å². The van der Waals surface area contributed by atoms with Gasteiger partial charge in [0.15, 0.2) is 0 Å². The number of likely N-dealkylation sites (tertiary alicyclic amines) is 1. The minimum atomic E-state index is -5.08. The Labute approximate surface area is 167 Å². The lowest BCUT2D eigenvalue weighted by atomic mass is 9.80. The van der Waals surface area contributed by atoms with Crippen molar-refractivity contribution in [3.05, 3.63) is 17.0 Å². The number of hydrogen-bond acceptors (Lipinski definition) is 6. The normalized spacial score (nSPS) is 24.1. The van der Waals surface area contributed by atoms with E-state index in [-0.39, 0.29) is 5.41 Å². The molecule has 10 heteroatoms. The number of aromatic nitrogens is 2. The largest absolute Gasteiger partial charge is 0.490 e. The summed E-state index contributed by atoms with van der Waals surface area (Å²) in [5.41, 5.74) is 3.65. The van der Waals surface area contributed by atoms with E-state index in [4.69, 9.17) is 19.6 Å². The Kier molecular flexibility index (Phi) is 6.05. The van der Waals surface area contributed by atoms with Crippen LogP contribution in [0.4, 0.5) is 19.1 Å². The molecule has 4 rings (SSSR count). The molecule has 2 aliphatic heterocycles. The van der Waals surface area contributed by atoms with Crippen LogP contribution in [-0.2, 0) is 21.6 Å². The van der Waals surface area contributed by atoms with E-state index in [1.807, 2.05) is 19.0 Å². The highest BCUT2D eigenvalue weighted by Crippen LogP contribution is 2.41. The molecule has 1 saturated heterocycles. The summed E-state index contributed by atoms with van der Waals surface area (Å²) in [6, 6.07) is 0. The molecule has 1 N–H and O–H groups in total. The van der Waals surface area contributed by atoms with E-state index in [2.05, 4.69) is 16.8 Å². The average Bonchev–Trinajstić information content (AvgIpc) is 3.35. The molecule has 29 heavy (non-hydrogen) atoms. The van der Waals surface area contributed by atoms with Crippen LogP contribution in [0.15, 0.2) is 0 Å². The number of carbonyl (C=O) groups is 1. The molecule has 1 aliphatic carbocycles. The molecule has 3 heterocycles. The van der Waals surface area contributed by atoms with E-state index in [0.29, 0.717) is 6.61 Å². The Hall–Kier alpha value is -1.94. The summed E-state index contributed by atoms with van der Waals surface area (Å²) in [7, 11) is 4.03. The second kappa shape index (κ2) is 8.06. The van der Waals surface area contributed by atoms with Gasteiger partial charge in [-0.3, -0.25) is 0 Å². The molecule has 1 atom stereocenters. The Bertz CT molecular complexity index is 768. The summed E-state index contributed by atoms with van der Waals surface area (Å²) in [6.45, 7) is 7.11. The number of carboxylic acid groups (broad SMARTS) is 1. The van der Waals surface area contributed by atoms with E-state index < -0.39 is 12.1 Å². The fourth-order valence-electron chi connectivity index (χ4n) is 3.90. The topological polar surface area (TPSA) is 78.8 Å². The first-order valence-corrected chi connectivity index (χ1v) is 9.67. The zero-order valence-electron chi connectivity index (χ0n) is 16.9. The van der Waals surface area contributed by atoms with Crippen molar-refractivity contribution in [2.45, 2.75) is 44.4 Å². The van der Waals surface area contributed by atoms with Gasteiger partial charge in [0.05, 0.1) is 24.3 Å². The van der Waals surface area contributed by atoms with E-state index in [1.165, 1.54) is 37.2 Å². The van der Waals surface area contributed by atoms with Crippen LogP contribution in [0, 0.1) is 12.8 Å². The third-order valence-corrected chi connectivity index (χ3v) is 5.62. The van der Waals surface area contributed by atoms with Gasteiger partial charge in [0.1, 0.15) is 0 Å². The van der Waals surface area contributed by atoms with Crippen molar-refractivity contribution in [3.8, 4) is 0 Å². The summed E-state index contributed by atoms with van der Waals surface area (Å²) >= 11 is 0. The van der Waals surface area contributed by atoms with Gasteiger partial charge in [-0.25, -0.2) is 14.8 Å². The van der Waals surface area contributed by atoms with Crippen molar-refractivity contribution in [2.75, 3.05) is 45.2 Å². The fourth-order valence-corrected chi connectivity index (χ4v) is 3.90. The van der Waals surface area contributed by atoms with Crippen LogP contribution >= 0.6 is 0 Å². The average molecular weight is 416 g/mol. The molecule has 1 spiro atoms. The molecule has 0 bridgehead atoms. The van der Waals surface area contributed by atoms with E-state index in [0.717, 1.165) is 37.1 Å². The van der Waals surface area contributed by atoms with Gasteiger partial charge in [0, 0.05) is 38.4 Å². The lowest BCUT2D eigenvalue weighted by Crippen LogP contribution is -2.41. The predicted octanol–water partition coefficient (Wildman–Crippen LogP) is 2.37. The Morgan fingerprint density at radius 2 is 2.00 bits per heavy atom. The standard InChI is InChI=1S/C17H26N4O.C2HF3O2/c1-12-14-9-22-11-17(15(14)19-16(18-12)20(2)3)6-7-21(10-17)8-13-4-5-13;3-2(4,5)1(6)7/h13H,4-11H2,1-3H3;(H,6,7). The number of ether oxygens (including phenoxy) is 1. The molecular formula is C19H27F3N4O3. The van der Waals surface area contributed by atoms with Gasteiger partial charge in [-0.1, -0.05) is 0 Å². The maximum atomic E-state index is 10.6. The SMILES string of the molecule is Cc1nc(N(C)C)nc2c1COCC21CCN(CC2CC2)C1.O=C(O)C(F)(F)F. The molecule has 162 valence electrons. The van der Waals surface area contributed by atoms with Gasteiger partial charge in [-0.05, 0) is 38.6 Å². The fraction of sp³-hybridized carbons (Fsp3) is 0.737. The number of carboxylic acids is 1. The maximum absolute atomic E-state index is 10.6. The number of aryl methyl sites for hydroxylation is 1. The number of halogens is 3. The summed E-state index contributed by atoms with van der Waals surface area (Å²) in [4.78, 5) is 23.1. The third kappa shape index (κ3) is 4.98. The number of nitrogens with zero attached hydrogens (tertiary/aromatic N) is 4. The summed E-state index contributed by atoms with van der Waals surface area (Å²) in [5.74, 6) is -0.978. The van der Waals surface area contributed by atoms with Gasteiger partial charge in [0.2, 0.25) is 5.95 Å². The van der Waals surface area contributed by atoms with Gasteiger partial charge in [-0.15, -0.1) is 0 Å². The quantitative estimate of drug-likeness (QED) is 0.810. The minimum Gasteiger partial charge on any atom is -0.475 e. The van der Waals surface area contributed by atoms with Crippen molar-refractivity contribution in [1.82, 2.24) is 14.9 Å². The van der Waals surface area contributed by atoms with Crippen LogP contribution in [0.25, 0.3) is 0 Å². The Balaban J connectivity index is 0.000000298. The second-order valence-electron chi connectivity index (χ2n) is 8.34. The Morgan fingerprint density at radius 3 is 2.55 bits per heavy atom. The molecule has 1 unspecified atom stereocenters. The smallest absolute Gasteiger partial charge is 0.475 e. The first kappa shape index (κ1) is 21.8. The van der Waals surface area contributed by atoms with Crippen molar-refractivity contribution in [1.29, 1.82) is 0 Å². The molecule has 1 saturated carbocycles. The Morgan fingerprint density at radius 1 is 1.34 bits per heavy atom. The van der Waals surface area contributed by atoms with Crippen LogP contribution < -0.4 is 4.90 Å². The molecular weight excluding hydrogens is 389 g/mol. The zero-order chi connectivity index (χ0) is 21.4. The summed E-state index contributed by atoms with van der Waals surface area (Å²) in [5, 5.41) is 7.12. The van der Waals surface area contributed by atoms with Crippen LogP contribution in [0.3, 0.4) is 0 Å². The van der Waals surface area contributed by atoms with Crippen molar-refractivity contribution in [2.24, 2.45) is 5.92 Å². The van der Waals surface area contributed by atoms with E-state index >= 15 is 0 Å². The van der Waals surface area contributed by atoms with E-state index in [9.17, 15) is 13.2 Å². The number of rotatable bonds is 3. The van der Waals surface area contributed by atoms with Crippen LogP contribution in [0.5, 0.6) is 0 Å². The number of anilines is 1. The number of aliphatic carboxylic acids is 1. The molecule has 1 aromatic rings. The van der Waals surface area contributed by atoms with Gasteiger partial charge in [-0.2, -0.15) is 13.2 Å². The third-order valence-electron chi connectivity index (χ3n) is 5.62. The molecule has 0 amide bonds. The van der Waals surface area contributed by atoms with Crippen LogP contribution in [0.1, 0.15) is 36.2 Å². The molecule has 1 aromatic heterocycles. The van der Waals surface area contributed by atoms with Crippen LogP contribution in [0.2, 0.25) is 0 Å². The lowest BCUT2D eigenvalue weighted by molar-refractivity contribution is -0.192. The molecule has 0 aromatic carbocycles. The first-order chi connectivity index (χ1) is 13.5. The van der Waals surface area contributed by atoms with Crippen molar-refractivity contribution >= 4 is 11.9 Å². The zero-order valence-corrected chi connectivity index (χ0v) is 16.9. The molecule has 2 fully saturated rings. The summed E-state index contributed by atoms with van der Waals surface area (Å²) in [6.07, 6.45) is -1.08. The lowest BCUT2D eigenvalue weighted by Gasteiger charge is -2.35. The van der Waals surface area contributed by atoms with Crippen molar-refractivity contribution < 1.29 is 27.8 Å².